The number of amides is 2. The molecule has 2 amide bonds. The van der Waals surface area contributed by atoms with Gasteiger partial charge >= 0.3 is 0 Å². The normalized spacial score (nSPS) is 16.6. The molecule has 1 aromatic rings. The maximum Gasteiger partial charge on any atom is 0.253 e. The number of unbranched alkanes of at least 4 members (excludes halogenated alkanes) is 2. The molecule has 150 valence electrons. The summed E-state index contributed by atoms with van der Waals surface area (Å²) in [5, 5.41) is 3.67. The lowest BCUT2D eigenvalue weighted by molar-refractivity contribution is -0.122. The molecule has 1 N–H and O–H groups in total. The highest BCUT2D eigenvalue weighted by atomic mass is 35.5. The van der Waals surface area contributed by atoms with Crippen molar-refractivity contribution in [1.82, 2.24) is 15.1 Å². The fourth-order valence-electron chi connectivity index (χ4n) is 3.43. The van der Waals surface area contributed by atoms with Crippen molar-refractivity contribution in [2.24, 2.45) is 0 Å². The van der Waals surface area contributed by atoms with E-state index >= 15 is 0 Å². The lowest BCUT2D eigenvalue weighted by Crippen LogP contribution is -2.42. The molecule has 1 saturated heterocycles. The molecule has 0 saturated carbocycles. The molecule has 0 aliphatic carbocycles. The number of halogens is 1. The van der Waals surface area contributed by atoms with Gasteiger partial charge in [0.25, 0.3) is 5.91 Å². The second kappa shape index (κ2) is 11.3. The van der Waals surface area contributed by atoms with E-state index in [4.69, 9.17) is 11.6 Å². The summed E-state index contributed by atoms with van der Waals surface area (Å²) in [7, 11) is 0. The van der Waals surface area contributed by atoms with Gasteiger partial charge in [0.2, 0.25) is 5.91 Å². The molecule has 1 atom stereocenters. The van der Waals surface area contributed by atoms with Crippen LogP contribution in [0.2, 0.25) is 5.02 Å². The number of carbonyl (C=O) groups excluding carboxylic acids is 2. The Bertz CT molecular complexity index is 623. The Hall–Kier alpha value is -1.59. The van der Waals surface area contributed by atoms with E-state index in [1.165, 1.54) is 12.8 Å². The third kappa shape index (κ3) is 7.51. The van der Waals surface area contributed by atoms with E-state index in [-0.39, 0.29) is 17.9 Å². The van der Waals surface area contributed by atoms with Gasteiger partial charge in [0.15, 0.2) is 0 Å². The summed E-state index contributed by atoms with van der Waals surface area (Å²) in [6, 6.07) is 7.29. The van der Waals surface area contributed by atoms with E-state index in [0.29, 0.717) is 36.8 Å². The fourth-order valence-corrected chi connectivity index (χ4v) is 3.62. The lowest BCUT2D eigenvalue weighted by atomic mass is 10.1. The van der Waals surface area contributed by atoms with Gasteiger partial charge in [-0.1, -0.05) is 43.9 Å². The number of rotatable bonds is 8. The highest BCUT2D eigenvalue weighted by molar-refractivity contribution is 6.30. The number of nitrogens with one attached hydrogen (secondary N) is 1. The average molecular weight is 394 g/mol. The maximum absolute atomic E-state index is 12.7. The van der Waals surface area contributed by atoms with Crippen LogP contribution in [0.15, 0.2) is 24.3 Å². The van der Waals surface area contributed by atoms with Gasteiger partial charge in [-0.05, 0) is 38.0 Å². The second-order valence-corrected chi connectivity index (χ2v) is 7.83. The van der Waals surface area contributed by atoms with Crippen molar-refractivity contribution in [3.63, 3.8) is 0 Å². The third-order valence-electron chi connectivity index (χ3n) is 4.96. The molecule has 0 spiro atoms. The summed E-state index contributed by atoms with van der Waals surface area (Å²) in [6.07, 6.45) is 5.46. The van der Waals surface area contributed by atoms with E-state index in [9.17, 15) is 9.59 Å². The largest absolute Gasteiger partial charge is 0.353 e. The molecule has 1 unspecified atom stereocenters. The van der Waals surface area contributed by atoms with Crippen molar-refractivity contribution in [3.05, 3.63) is 34.9 Å². The molecule has 27 heavy (non-hydrogen) atoms. The van der Waals surface area contributed by atoms with E-state index in [1.807, 2.05) is 4.90 Å². The van der Waals surface area contributed by atoms with E-state index in [0.717, 1.165) is 25.8 Å². The number of hydrogen-bond acceptors (Lipinski definition) is 3. The lowest BCUT2D eigenvalue weighted by Gasteiger charge is -2.22. The van der Waals surface area contributed by atoms with E-state index in [1.54, 1.807) is 24.3 Å². The monoisotopic (exact) mass is 393 g/mol. The van der Waals surface area contributed by atoms with Crippen LogP contribution in [0.4, 0.5) is 0 Å². The van der Waals surface area contributed by atoms with Gasteiger partial charge < -0.3 is 10.2 Å². The number of benzene rings is 1. The summed E-state index contributed by atoms with van der Waals surface area (Å²) in [4.78, 5) is 29.0. The molecular formula is C21H32ClN3O2. The fraction of sp³-hybridized carbons (Fsp3) is 0.619. The van der Waals surface area contributed by atoms with Crippen LogP contribution in [-0.2, 0) is 4.79 Å². The molecule has 1 aliphatic heterocycles. The highest BCUT2D eigenvalue weighted by Crippen LogP contribution is 2.14. The Kier molecular flexibility index (Phi) is 9.08. The number of carbonyl (C=O) groups is 2. The Labute approximate surface area is 168 Å². The van der Waals surface area contributed by atoms with Crippen molar-refractivity contribution >= 4 is 23.4 Å². The minimum Gasteiger partial charge on any atom is -0.353 e. The van der Waals surface area contributed by atoms with Gasteiger partial charge in [0, 0.05) is 42.8 Å². The molecule has 5 nitrogen and oxygen atoms in total. The summed E-state index contributed by atoms with van der Waals surface area (Å²) < 4.78 is 0. The first-order chi connectivity index (χ1) is 13.0. The van der Waals surface area contributed by atoms with Crippen LogP contribution in [0, 0.1) is 0 Å². The smallest absolute Gasteiger partial charge is 0.253 e. The van der Waals surface area contributed by atoms with Gasteiger partial charge in [0.1, 0.15) is 0 Å². The van der Waals surface area contributed by atoms with Crippen LogP contribution in [0.3, 0.4) is 0 Å². The van der Waals surface area contributed by atoms with Crippen molar-refractivity contribution in [3.8, 4) is 0 Å². The van der Waals surface area contributed by atoms with Crippen molar-refractivity contribution in [2.75, 3.05) is 32.7 Å². The highest BCUT2D eigenvalue weighted by Gasteiger charge is 2.22. The van der Waals surface area contributed by atoms with Gasteiger partial charge in [-0.15, -0.1) is 0 Å². The predicted octanol–water partition coefficient (Wildman–Crippen LogP) is 3.57. The molecule has 0 bridgehead atoms. The zero-order chi connectivity index (χ0) is 19.6. The first-order valence-electron chi connectivity index (χ1n) is 10.1. The van der Waals surface area contributed by atoms with Crippen LogP contribution >= 0.6 is 11.6 Å². The zero-order valence-corrected chi connectivity index (χ0v) is 17.3. The number of hydrogen-bond donors (Lipinski definition) is 1. The molecule has 0 radical (unpaired) electrons. The topological polar surface area (TPSA) is 52.7 Å². The maximum atomic E-state index is 12.7. The Morgan fingerprint density at radius 1 is 1.19 bits per heavy atom. The molecule has 1 aromatic carbocycles. The minimum atomic E-state index is 0.00773. The van der Waals surface area contributed by atoms with Crippen LogP contribution in [-0.4, -0.2) is 60.4 Å². The van der Waals surface area contributed by atoms with Crippen LogP contribution in [0.5, 0.6) is 0 Å². The summed E-state index contributed by atoms with van der Waals surface area (Å²) in [5.41, 5.74) is 0.620. The second-order valence-electron chi connectivity index (χ2n) is 7.40. The molecule has 1 heterocycles. The van der Waals surface area contributed by atoms with Gasteiger partial charge in [-0.3, -0.25) is 14.5 Å². The SMILES string of the molecule is CCCCCC(C)NC(=O)CN1CCCN(C(=O)c2cccc(Cl)c2)CC1. The first-order valence-corrected chi connectivity index (χ1v) is 10.4. The third-order valence-corrected chi connectivity index (χ3v) is 5.20. The summed E-state index contributed by atoms with van der Waals surface area (Å²) in [5.74, 6) is 0.0852. The van der Waals surface area contributed by atoms with E-state index < -0.39 is 0 Å². The number of nitrogens with zero attached hydrogens (tertiary/aromatic N) is 2. The van der Waals surface area contributed by atoms with Gasteiger partial charge in [-0.2, -0.15) is 0 Å². The quantitative estimate of drug-likeness (QED) is 0.687. The Balaban J connectivity index is 1.78. The van der Waals surface area contributed by atoms with Crippen LogP contribution in [0.1, 0.15) is 56.3 Å². The average Bonchev–Trinajstić information content (AvgIpc) is 2.86. The standard InChI is InChI=1S/C21H32ClN3O2/c1-3-4-5-8-17(2)23-20(26)16-24-11-7-12-25(14-13-24)21(27)18-9-6-10-19(22)15-18/h6,9-10,15,17H,3-5,7-8,11-14,16H2,1-2H3,(H,23,26). The molecule has 1 fully saturated rings. The zero-order valence-electron chi connectivity index (χ0n) is 16.5. The van der Waals surface area contributed by atoms with Gasteiger partial charge in [0.05, 0.1) is 6.54 Å². The van der Waals surface area contributed by atoms with E-state index in [2.05, 4.69) is 24.1 Å². The molecule has 6 heteroatoms. The summed E-state index contributed by atoms with van der Waals surface area (Å²) in [6.45, 7) is 7.53. The summed E-state index contributed by atoms with van der Waals surface area (Å²) >= 11 is 6.00. The van der Waals surface area contributed by atoms with Crippen LogP contribution in [0.25, 0.3) is 0 Å². The molecular weight excluding hydrogens is 362 g/mol. The van der Waals surface area contributed by atoms with Crippen molar-refractivity contribution in [1.29, 1.82) is 0 Å². The van der Waals surface area contributed by atoms with Crippen molar-refractivity contribution in [2.45, 2.75) is 52.0 Å². The Morgan fingerprint density at radius 3 is 2.74 bits per heavy atom. The van der Waals surface area contributed by atoms with Crippen molar-refractivity contribution < 1.29 is 9.59 Å². The molecule has 0 aromatic heterocycles. The first kappa shape index (κ1) is 21.7. The molecule has 1 aliphatic rings. The predicted molar refractivity (Wildman–Crippen MR) is 110 cm³/mol. The molecule has 2 rings (SSSR count). The van der Waals surface area contributed by atoms with Crippen LogP contribution < -0.4 is 5.32 Å². The Morgan fingerprint density at radius 2 is 2.00 bits per heavy atom. The minimum absolute atomic E-state index is 0.00773. The van der Waals surface area contributed by atoms with Gasteiger partial charge in [-0.25, -0.2) is 0 Å².